The van der Waals surface area contributed by atoms with Crippen LogP contribution in [0.4, 0.5) is 0 Å². The molecule has 1 saturated heterocycles. The van der Waals surface area contributed by atoms with Gasteiger partial charge in [-0.2, -0.15) is 0 Å². The Hall–Kier alpha value is -2.93. The lowest BCUT2D eigenvalue weighted by atomic mass is 10.1. The first-order chi connectivity index (χ1) is 13.7. The van der Waals surface area contributed by atoms with E-state index in [0.717, 1.165) is 36.7 Å². The lowest BCUT2D eigenvalue weighted by Crippen LogP contribution is -2.48. The van der Waals surface area contributed by atoms with Crippen molar-refractivity contribution in [3.8, 4) is 23.0 Å². The highest BCUT2D eigenvalue weighted by Crippen LogP contribution is 2.33. The average Bonchev–Trinajstić information content (AvgIpc) is 3.21. The molecule has 0 spiro atoms. The van der Waals surface area contributed by atoms with E-state index in [1.54, 1.807) is 32.4 Å². The van der Waals surface area contributed by atoms with E-state index in [0.29, 0.717) is 30.2 Å². The molecule has 7 nitrogen and oxygen atoms in total. The molecule has 0 radical (unpaired) electrons. The standard InChI is InChI=1S/C21H24N2O5/c1-25-17-4-6-18(26-2)16(11-17)13-22-7-9-23(10-8-22)21(24)15-3-5-19-20(12-15)28-14-27-19/h3-6,11-12H,7-10,13-14H2,1-2H3. The summed E-state index contributed by atoms with van der Waals surface area (Å²) in [6.07, 6.45) is 0. The number of rotatable bonds is 5. The van der Waals surface area contributed by atoms with Gasteiger partial charge >= 0.3 is 0 Å². The van der Waals surface area contributed by atoms with Crippen molar-refractivity contribution in [1.29, 1.82) is 0 Å². The molecule has 0 unspecified atom stereocenters. The summed E-state index contributed by atoms with van der Waals surface area (Å²) in [6.45, 7) is 3.93. The predicted molar refractivity (Wildman–Crippen MR) is 103 cm³/mol. The molecule has 4 rings (SSSR count). The van der Waals surface area contributed by atoms with E-state index in [4.69, 9.17) is 18.9 Å². The molecule has 0 aromatic heterocycles. The van der Waals surface area contributed by atoms with Crippen LogP contribution in [0.5, 0.6) is 23.0 Å². The number of carbonyl (C=O) groups is 1. The summed E-state index contributed by atoms with van der Waals surface area (Å²) in [5.74, 6) is 3.01. The number of hydrogen-bond acceptors (Lipinski definition) is 6. The van der Waals surface area contributed by atoms with Crippen LogP contribution in [0.15, 0.2) is 36.4 Å². The fourth-order valence-electron chi connectivity index (χ4n) is 3.57. The Kier molecular flexibility index (Phi) is 5.25. The molecular weight excluding hydrogens is 360 g/mol. The van der Waals surface area contributed by atoms with Crippen molar-refractivity contribution in [2.75, 3.05) is 47.2 Å². The largest absolute Gasteiger partial charge is 0.497 e. The van der Waals surface area contributed by atoms with E-state index in [-0.39, 0.29) is 12.7 Å². The van der Waals surface area contributed by atoms with Crippen molar-refractivity contribution in [2.24, 2.45) is 0 Å². The van der Waals surface area contributed by atoms with Gasteiger partial charge in [-0.3, -0.25) is 9.69 Å². The summed E-state index contributed by atoms with van der Waals surface area (Å²) >= 11 is 0. The maximum Gasteiger partial charge on any atom is 0.254 e. The molecular formula is C21H24N2O5. The summed E-state index contributed by atoms with van der Waals surface area (Å²) in [6, 6.07) is 11.2. The van der Waals surface area contributed by atoms with Gasteiger partial charge in [-0.1, -0.05) is 0 Å². The summed E-state index contributed by atoms with van der Waals surface area (Å²) in [5, 5.41) is 0. The molecule has 2 aromatic rings. The van der Waals surface area contributed by atoms with Gasteiger partial charge in [0.25, 0.3) is 5.91 Å². The number of amides is 1. The van der Waals surface area contributed by atoms with E-state index in [1.807, 2.05) is 23.1 Å². The van der Waals surface area contributed by atoms with Gasteiger partial charge in [-0.25, -0.2) is 0 Å². The molecule has 0 N–H and O–H groups in total. The SMILES string of the molecule is COc1ccc(OC)c(CN2CCN(C(=O)c3ccc4c(c3)OCO4)CC2)c1. The van der Waals surface area contributed by atoms with Crippen LogP contribution in [-0.4, -0.2) is 62.9 Å². The summed E-state index contributed by atoms with van der Waals surface area (Å²) in [4.78, 5) is 17.0. The number of fused-ring (bicyclic) bond motifs is 1. The van der Waals surface area contributed by atoms with Crippen molar-refractivity contribution < 1.29 is 23.7 Å². The first-order valence-electron chi connectivity index (χ1n) is 9.30. The number of carbonyl (C=O) groups excluding carboxylic acids is 1. The number of benzene rings is 2. The Morgan fingerprint density at radius 1 is 0.964 bits per heavy atom. The lowest BCUT2D eigenvalue weighted by Gasteiger charge is -2.35. The van der Waals surface area contributed by atoms with Gasteiger partial charge in [-0.05, 0) is 36.4 Å². The van der Waals surface area contributed by atoms with E-state index in [2.05, 4.69) is 4.90 Å². The maximum atomic E-state index is 12.8. The molecule has 0 aliphatic carbocycles. The fraction of sp³-hybridized carbons (Fsp3) is 0.381. The second kappa shape index (κ2) is 7.98. The normalized spacial score (nSPS) is 16.1. The molecule has 0 saturated carbocycles. The minimum Gasteiger partial charge on any atom is -0.497 e. The van der Waals surface area contributed by atoms with Crippen LogP contribution in [0.2, 0.25) is 0 Å². The van der Waals surface area contributed by atoms with Gasteiger partial charge in [0.05, 0.1) is 14.2 Å². The molecule has 2 aliphatic rings. The van der Waals surface area contributed by atoms with Crippen molar-refractivity contribution in [1.82, 2.24) is 9.80 Å². The third-order valence-corrected chi connectivity index (χ3v) is 5.16. The number of hydrogen-bond donors (Lipinski definition) is 0. The van der Waals surface area contributed by atoms with Gasteiger partial charge in [0.15, 0.2) is 11.5 Å². The number of methoxy groups -OCH3 is 2. The quantitative estimate of drug-likeness (QED) is 0.789. The average molecular weight is 384 g/mol. The third kappa shape index (κ3) is 3.71. The smallest absolute Gasteiger partial charge is 0.254 e. The minimum atomic E-state index is 0.0249. The van der Waals surface area contributed by atoms with E-state index >= 15 is 0 Å². The van der Waals surface area contributed by atoms with Crippen molar-refractivity contribution >= 4 is 5.91 Å². The highest BCUT2D eigenvalue weighted by molar-refractivity contribution is 5.95. The van der Waals surface area contributed by atoms with Gasteiger partial charge in [0.1, 0.15) is 11.5 Å². The van der Waals surface area contributed by atoms with Crippen LogP contribution >= 0.6 is 0 Å². The zero-order chi connectivity index (χ0) is 19.5. The third-order valence-electron chi connectivity index (χ3n) is 5.16. The predicted octanol–water partition coefficient (Wildman–Crippen LogP) is 2.39. The lowest BCUT2D eigenvalue weighted by molar-refractivity contribution is 0.0627. The van der Waals surface area contributed by atoms with Crippen molar-refractivity contribution in [3.63, 3.8) is 0 Å². The summed E-state index contributed by atoms with van der Waals surface area (Å²) in [7, 11) is 3.33. The second-order valence-corrected chi connectivity index (χ2v) is 6.81. The Morgan fingerprint density at radius 2 is 1.75 bits per heavy atom. The zero-order valence-corrected chi connectivity index (χ0v) is 16.1. The zero-order valence-electron chi connectivity index (χ0n) is 16.1. The Labute approximate surface area is 164 Å². The summed E-state index contributed by atoms with van der Waals surface area (Å²) in [5.41, 5.74) is 1.71. The first kappa shape index (κ1) is 18.4. The second-order valence-electron chi connectivity index (χ2n) is 6.81. The van der Waals surface area contributed by atoms with E-state index in [9.17, 15) is 4.79 Å². The molecule has 2 aliphatic heterocycles. The van der Waals surface area contributed by atoms with Crippen LogP contribution in [0.3, 0.4) is 0 Å². The Balaban J connectivity index is 1.38. The molecule has 2 heterocycles. The fourth-order valence-corrected chi connectivity index (χ4v) is 3.57. The van der Waals surface area contributed by atoms with Crippen LogP contribution in [0.25, 0.3) is 0 Å². The molecule has 1 fully saturated rings. The molecule has 148 valence electrons. The molecule has 28 heavy (non-hydrogen) atoms. The van der Waals surface area contributed by atoms with E-state index < -0.39 is 0 Å². The van der Waals surface area contributed by atoms with Gasteiger partial charge in [0, 0.05) is 43.9 Å². The van der Waals surface area contributed by atoms with Crippen molar-refractivity contribution in [3.05, 3.63) is 47.5 Å². The van der Waals surface area contributed by atoms with Gasteiger partial charge < -0.3 is 23.8 Å². The van der Waals surface area contributed by atoms with Crippen LogP contribution in [-0.2, 0) is 6.54 Å². The molecule has 1 amide bonds. The topological polar surface area (TPSA) is 60.5 Å². The summed E-state index contributed by atoms with van der Waals surface area (Å²) < 4.78 is 21.5. The number of piperazine rings is 1. The number of ether oxygens (including phenoxy) is 4. The Morgan fingerprint density at radius 3 is 2.50 bits per heavy atom. The van der Waals surface area contributed by atoms with Crippen LogP contribution < -0.4 is 18.9 Å². The molecule has 2 aromatic carbocycles. The van der Waals surface area contributed by atoms with Crippen molar-refractivity contribution in [2.45, 2.75) is 6.54 Å². The monoisotopic (exact) mass is 384 g/mol. The number of nitrogens with zero attached hydrogens (tertiary/aromatic N) is 2. The Bertz CT molecular complexity index is 862. The maximum absolute atomic E-state index is 12.8. The molecule has 7 heteroatoms. The van der Waals surface area contributed by atoms with Crippen LogP contribution in [0.1, 0.15) is 15.9 Å². The molecule has 0 atom stereocenters. The molecule has 0 bridgehead atoms. The highest BCUT2D eigenvalue weighted by atomic mass is 16.7. The first-order valence-corrected chi connectivity index (χ1v) is 9.30. The van der Waals surface area contributed by atoms with Crippen LogP contribution in [0, 0.1) is 0 Å². The van der Waals surface area contributed by atoms with E-state index in [1.165, 1.54) is 0 Å². The van der Waals surface area contributed by atoms with Gasteiger partial charge in [0.2, 0.25) is 6.79 Å². The minimum absolute atomic E-state index is 0.0249. The van der Waals surface area contributed by atoms with Gasteiger partial charge in [-0.15, -0.1) is 0 Å². The highest BCUT2D eigenvalue weighted by Gasteiger charge is 2.24.